The highest BCUT2D eigenvalue weighted by Gasteiger charge is 2.50. The van der Waals surface area contributed by atoms with Crippen molar-refractivity contribution in [1.29, 1.82) is 0 Å². The third kappa shape index (κ3) is 5.63. The molecule has 3 saturated heterocycles. The van der Waals surface area contributed by atoms with Crippen molar-refractivity contribution in [3.63, 3.8) is 0 Å². The molecule has 1 amide bonds. The fourth-order valence-electron chi connectivity index (χ4n) is 8.65. The Bertz CT molecular complexity index is 1830. The number of ether oxygens (including phenoxy) is 1. The standard InChI is InChI=1S/C38H47N7O3/c1-37(2,3)34-25(21-45(34)36(46)47)20-42-17-14-38(15-18-42)23-43(24-38)27-11-12-31(33(19-27)48-4)41-35-39-16-13-30(40-35)29-22-44(26-9-10-26)32-8-6-5-7-28(29)32/h5-8,11-13,16,19,22,25-26,34H,9-10,14-15,17-18,20-21,23-24H2,1-4H3,(H,46,47)(H,39,40,41). The van der Waals surface area contributed by atoms with Gasteiger partial charge in [-0.05, 0) is 68.5 Å². The van der Waals surface area contributed by atoms with Crippen molar-refractivity contribution in [2.24, 2.45) is 16.7 Å². The van der Waals surface area contributed by atoms with E-state index in [4.69, 9.17) is 9.72 Å². The summed E-state index contributed by atoms with van der Waals surface area (Å²) in [6.45, 7) is 12.4. The van der Waals surface area contributed by atoms with Crippen LogP contribution in [0.4, 0.5) is 22.1 Å². The first-order valence-corrected chi connectivity index (χ1v) is 17.5. The highest BCUT2D eigenvalue weighted by molar-refractivity contribution is 5.95. The minimum atomic E-state index is -0.787. The van der Waals surface area contributed by atoms with Crippen molar-refractivity contribution in [2.75, 3.05) is 56.6 Å². The van der Waals surface area contributed by atoms with Crippen LogP contribution in [0.1, 0.15) is 52.5 Å². The first-order valence-electron chi connectivity index (χ1n) is 17.5. The van der Waals surface area contributed by atoms with Crippen LogP contribution in [0.5, 0.6) is 5.75 Å². The number of methoxy groups -OCH3 is 1. The van der Waals surface area contributed by atoms with E-state index in [0.29, 0.717) is 29.9 Å². The number of fused-ring (bicyclic) bond motifs is 1. The van der Waals surface area contributed by atoms with Crippen LogP contribution in [0.2, 0.25) is 0 Å². The fraction of sp³-hybridized carbons (Fsp3) is 0.500. The Kier molecular flexibility index (Phi) is 7.54. The number of rotatable bonds is 8. The number of hydrogen-bond acceptors (Lipinski definition) is 7. The average Bonchev–Trinajstić information content (AvgIpc) is 3.81. The lowest BCUT2D eigenvalue weighted by Crippen LogP contribution is -2.66. The molecule has 10 nitrogen and oxygen atoms in total. The van der Waals surface area contributed by atoms with Gasteiger partial charge in [-0.15, -0.1) is 0 Å². The van der Waals surface area contributed by atoms with Gasteiger partial charge in [0.2, 0.25) is 5.95 Å². The molecule has 252 valence electrons. The largest absolute Gasteiger partial charge is 0.494 e. The second kappa shape index (κ2) is 11.7. The smallest absolute Gasteiger partial charge is 0.407 e. The van der Waals surface area contributed by atoms with E-state index in [1.165, 1.54) is 42.3 Å². The van der Waals surface area contributed by atoms with Crippen molar-refractivity contribution >= 4 is 34.3 Å². The van der Waals surface area contributed by atoms with Gasteiger partial charge < -0.3 is 34.4 Å². The molecule has 4 fully saturated rings. The van der Waals surface area contributed by atoms with Crippen LogP contribution in [0, 0.1) is 16.7 Å². The number of amides is 1. The van der Waals surface area contributed by atoms with Gasteiger partial charge in [0.05, 0.1) is 18.5 Å². The van der Waals surface area contributed by atoms with E-state index >= 15 is 0 Å². The number of piperidine rings is 1. The second-order valence-corrected chi connectivity index (χ2v) is 15.6. The van der Waals surface area contributed by atoms with Gasteiger partial charge in [0, 0.05) is 90.2 Å². The molecule has 0 bridgehead atoms. The molecule has 48 heavy (non-hydrogen) atoms. The Morgan fingerprint density at radius 1 is 1.08 bits per heavy atom. The molecular weight excluding hydrogens is 602 g/mol. The van der Waals surface area contributed by atoms with Crippen molar-refractivity contribution in [3.05, 3.63) is 60.9 Å². The molecule has 2 aromatic carbocycles. The van der Waals surface area contributed by atoms with Gasteiger partial charge in [-0.25, -0.2) is 14.8 Å². The summed E-state index contributed by atoms with van der Waals surface area (Å²) < 4.78 is 8.25. The van der Waals surface area contributed by atoms with Crippen LogP contribution in [0.15, 0.2) is 60.9 Å². The summed E-state index contributed by atoms with van der Waals surface area (Å²) in [6.07, 6.45) is 8.11. The number of carboxylic acid groups (broad SMARTS) is 1. The quantitative estimate of drug-likeness (QED) is 0.208. The van der Waals surface area contributed by atoms with E-state index in [1.54, 1.807) is 12.0 Å². The van der Waals surface area contributed by atoms with Gasteiger partial charge in [0.15, 0.2) is 0 Å². The molecule has 2 unspecified atom stereocenters. The molecule has 1 spiro atoms. The SMILES string of the molecule is COc1cc(N2CC3(CCN(CC4CN(C(=O)O)C4C(C)(C)C)CC3)C2)ccc1Nc1nccc(-c2cn(C3CC3)c3ccccc23)n1. The van der Waals surface area contributed by atoms with Crippen molar-refractivity contribution in [3.8, 4) is 17.0 Å². The van der Waals surface area contributed by atoms with E-state index in [2.05, 4.69) is 94.1 Å². The molecule has 3 aliphatic heterocycles. The van der Waals surface area contributed by atoms with Gasteiger partial charge in [-0.1, -0.05) is 39.0 Å². The summed E-state index contributed by atoms with van der Waals surface area (Å²) in [6, 6.07) is 17.6. The summed E-state index contributed by atoms with van der Waals surface area (Å²) >= 11 is 0. The zero-order chi connectivity index (χ0) is 33.2. The Balaban J connectivity index is 0.897. The molecule has 0 radical (unpaired) electrons. The predicted octanol–water partition coefficient (Wildman–Crippen LogP) is 7.11. The van der Waals surface area contributed by atoms with Gasteiger partial charge >= 0.3 is 6.09 Å². The lowest BCUT2D eigenvalue weighted by atomic mass is 9.70. The zero-order valence-corrected chi connectivity index (χ0v) is 28.5. The number of anilines is 3. The predicted molar refractivity (Wildman–Crippen MR) is 189 cm³/mol. The van der Waals surface area contributed by atoms with Crippen LogP contribution >= 0.6 is 0 Å². The van der Waals surface area contributed by atoms with Gasteiger partial charge in [0.1, 0.15) is 5.75 Å². The minimum absolute atomic E-state index is 0.0477. The average molecular weight is 650 g/mol. The molecule has 2 N–H and O–H groups in total. The summed E-state index contributed by atoms with van der Waals surface area (Å²) in [5.41, 5.74) is 5.61. The Morgan fingerprint density at radius 2 is 1.85 bits per heavy atom. The highest BCUT2D eigenvalue weighted by Crippen LogP contribution is 2.46. The van der Waals surface area contributed by atoms with Gasteiger partial charge in [0.25, 0.3) is 0 Å². The molecule has 4 aromatic rings. The van der Waals surface area contributed by atoms with Gasteiger partial charge in [-0.3, -0.25) is 0 Å². The molecule has 10 heteroatoms. The van der Waals surface area contributed by atoms with Crippen LogP contribution in [0.3, 0.4) is 0 Å². The molecule has 2 atom stereocenters. The Labute approximate surface area is 282 Å². The number of nitrogens with one attached hydrogen (secondary N) is 1. The second-order valence-electron chi connectivity index (χ2n) is 15.6. The lowest BCUT2D eigenvalue weighted by Gasteiger charge is -2.57. The number of nitrogens with zero attached hydrogens (tertiary/aromatic N) is 6. The molecule has 8 rings (SSSR count). The third-order valence-electron chi connectivity index (χ3n) is 11.2. The summed E-state index contributed by atoms with van der Waals surface area (Å²) in [4.78, 5) is 27.8. The van der Waals surface area contributed by atoms with Crippen molar-refractivity contribution in [1.82, 2.24) is 24.3 Å². The number of aromatic nitrogens is 3. The maximum Gasteiger partial charge on any atom is 0.407 e. The fourth-order valence-corrected chi connectivity index (χ4v) is 8.65. The Morgan fingerprint density at radius 3 is 2.56 bits per heavy atom. The summed E-state index contributed by atoms with van der Waals surface area (Å²) in [5.74, 6) is 1.73. The van der Waals surface area contributed by atoms with Crippen LogP contribution in [-0.4, -0.2) is 88.0 Å². The lowest BCUT2D eigenvalue weighted by molar-refractivity contribution is -0.0544. The number of para-hydroxylation sites is 1. The van der Waals surface area contributed by atoms with Crippen molar-refractivity contribution < 1.29 is 14.6 Å². The first-order chi connectivity index (χ1) is 23.1. The third-order valence-corrected chi connectivity index (χ3v) is 11.2. The monoisotopic (exact) mass is 649 g/mol. The highest BCUT2D eigenvalue weighted by atomic mass is 16.5. The van der Waals surface area contributed by atoms with E-state index in [9.17, 15) is 9.90 Å². The number of benzene rings is 2. The summed E-state index contributed by atoms with van der Waals surface area (Å²) in [7, 11) is 1.71. The number of carbonyl (C=O) groups is 1. The summed E-state index contributed by atoms with van der Waals surface area (Å²) in [5, 5.41) is 14.3. The molecule has 1 aliphatic carbocycles. The molecule has 1 saturated carbocycles. The normalized spacial score (nSPS) is 22.4. The van der Waals surface area contributed by atoms with E-state index in [1.807, 2.05) is 12.3 Å². The van der Waals surface area contributed by atoms with Crippen LogP contribution in [0.25, 0.3) is 22.2 Å². The van der Waals surface area contributed by atoms with E-state index < -0.39 is 6.09 Å². The number of hydrogen-bond donors (Lipinski definition) is 2. The van der Waals surface area contributed by atoms with E-state index in [-0.39, 0.29) is 11.5 Å². The number of likely N-dealkylation sites (tertiary alicyclic amines) is 2. The molecule has 4 aliphatic rings. The molecule has 2 aromatic heterocycles. The van der Waals surface area contributed by atoms with Crippen molar-refractivity contribution in [2.45, 2.75) is 58.5 Å². The topological polar surface area (TPSA) is 99.0 Å². The molecular formula is C38H47N7O3. The maximum atomic E-state index is 11.7. The molecule has 5 heterocycles. The first kappa shape index (κ1) is 31.0. The maximum absolute atomic E-state index is 11.7. The zero-order valence-electron chi connectivity index (χ0n) is 28.5. The van der Waals surface area contributed by atoms with Gasteiger partial charge in [-0.2, -0.15) is 0 Å². The Hall–Kier alpha value is -4.31. The van der Waals surface area contributed by atoms with Crippen LogP contribution < -0.4 is 15.0 Å². The minimum Gasteiger partial charge on any atom is -0.494 e. The van der Waals surface area contributed by atoms with E-state index in [0.717, 1.165) is 55.4 Å². The van der Waals surface area contributed by atoms with Crippen LogP contribution in [-0.2, 0) is 0 Å².